The van der Waals surface area contributed by atoms with Gasteiger partial charge in [-0.3, -0.25) is 4.90 Å². The molecule has 6 heteroatoms. The van der Waals surface area contributed by atoms with Gasteiger partial charge in [-0.1, -0.05) is 17.7 Å². The number of carbonyl (C=O) groups excluding carboxylic acids is 1. The molecule has 5 nitrogen and oxygen atoms in total. The zero-order valence-electron chi connectivity index (χ0n) is 9.72. The molecule has 0 saturated heterocycles. The van der Waals surface area contributed by atoms with Gasteiger partial charge < -0.3 is 9.84 Å². The standard InChI is InChI=1S/C12H12ClNO4/c1-18-11(15)10-5-7-2-3-9(13)4-8(7)6-14(10)12(16)17/h2-4,10H,5-6H2,1H3,(H,16,17). The van der Waals surface area contributed by atoms with Crippen molar-refractivity contribution in [3.05, 3.63) is 34.3 Å². The van der Waals surface area contributed by atoms with Crippen LogP contribution in [0.15, 0.2) is 18.2 Å². The molecule has 0 bridgehead atoms. The van der Waals surface area contributed by atoms with Gasteiger partial charge >= 0.3 is 12.1 Å². The quantitative estimate of drug-likeness (QED) is 0.791. The van der Waals surface area contributed by atoms with Crippen LogP contribution in [0.3, 0.4) is 0 Å². The first kappa shape index (κ1) is 12.7. The first-order chi connectivity index (χ1) is 8.52. The number of carboxylic acid groups (broad SMARTS) is 1. The van der Waals surface area contributed by atoms with Crippen molar-refractivity contribution in [2.45, 2.75) is 19.0 Å². The lowest BCUT2D eigenvalue weighted by Gasteiger charge is -2.33. The lowest BCUT2D eigenvalue weighted by atomic mass is 9.94. The van der Waals surface area contributed by atoms with Crippen LogP contribution in [0, 0.1) is 0 Å². The van der Waals surface area contributed by atoms with E-state index in [1.165, 1.54) is 7.11 Å². The van der Waals surface area contributed by atoms with Crippen LogP contribution in [-0.2, 0) is 22.5 Å². The van der Waals surface area contributed by atoms with Gasteiger partial charge in [-0.05, 0) is 23.3 Å². The van der Waals surface area contributed by atoms with Gasteiger partial charge in [-0.2, -0.15) is 0 Å². The summed E-state index contributed by atoms with van der Waals surface area (Å²) in [6, 6.07) is 4.47. The molecule has 1 heterocycles. The van der Waals surface area contributed by atoms with Crippen molar-refractivity contribution in [2.75, 3.05) is 7.11 Å². The van der Waals surface area contributed by atoms with E-state index in [0.717, 1.165) is 16.0 Å². The van der Waals surface area contributed by atoms with E-state index in [2.05, 4.69) is 4.74 Å². The summed E-state index contributed by atoms with van der Waals surface area (Å²) in [5.41, 5.74) is 1.75. The number of hydrogen-bond acceptors (Lipinski definition) is 3. The van der Waals surface area contributed by atoms with Gasteiger partial charge in [-0.25, -0.2) is 9.59 Å². The van der Waals surface area contributed by atoms with Crippen LogP contribution in [0.4, 0.5) is 4.79 Å². The first-order valence-corrected chi connectivity index (χ1v) is 5.75. The van der Waals surface area contributed by atoms with Crippen LogP contribution in [0.5, 0.6) is 0 Å². The summed E-state index contributed by atoms with van der Waals surface area (Å²) in [4.78, 5) is 23.8. The Morgan fingerprint density at radius 2 is 2.17 bits per heavy atom. The van der Waals surface area contributed by atoms with Crippen LogP contribution in [0.25, 0.3) is 0 Å². The SMILES string of the molecule is COC(=O)C1Cc2ccc(Cl)cc2CN1C(=O)O. The molecule has 1 aliphatic heterocycles. The lowest BCUT2D eigenvalue weighted by molar-refractivity contribution is -0.146. The van der Waals surface area contributed by atoms with Gasteiger partial charge in [0.25, 0.3) is 0 Å². The molecule has 1 atom stereocenters. The van der Waals surface area contributed by atoms with Crippen LogP contribution >= 0.6 is 11.6 Å². The maximum Gasteiger partial charge on any atom is 0.408 e. The molecule has 1 amide bonds. The third-order valence-electron chi connectivity index (χ3n) is 3.02. The van der Waals surface area contributed by atoms with Crippen LogP contribution in [0.2, 0.25) is 5.02 Å². The minimum Gasteiger partial charge on any atom is -0.467 e. The summed E-state index contributed by atoms with van der Waals surface area (Å²) in [6.45, 7) is 0.144. The molecule has 18 heavy (non-hydrogen) atoms. The zero-order chi connectivity index (χ0) is 13.3. The smallest absolute Gasteiger partial charge is 0.408 e. The molecule has 96 valence electrons. The topological polar surface area (TPSA) is 66.8 Å². The molecule has 1 unspecified atom stereocenters. The van der Waals surface area contributed by atoms with Crippen LogP contribution in [0.1, 0.15) is 11.1 Å². The molecule has 2 rings (SSSR count). The van der Waals surface area contributed by atoms with E-state index in [0.29, 0.717) is 11.4 Å². The second-order valence-electron chi connectivity index (χ2n) is 4.07. The van der Waals surface area contributed by atoms with E-state index >= 15 is 0 Å². The largest absolute Gasteiger partial charge is 0.467 e. The molecule has 0 aromatic heterocycles. The number of fused-ring (bicyclic) bond motifs is 1. The van der Waals surface area contributed by atoms with Crippen molar-refractivity contribution in [1.29, 1.82) is 0 Å². The Morgan fingerprint density at radius 3 is 2.78 bits per heavy atom. The summed E-state index contributed by atoms with van der Waals surface area (Å²) in [7, 11) is 1.25. The van der Waals surface area contributed by atoms with E-state index in [1.54, 1.807) is 12.1 Å². The predicted molar refractivity (Wildman–Crippen MR) is 64.5 cm³/mol. The summed E-state index contributed by atoms with van der Waals surface area (Å²) in [5, 5.41) is 9.68. The van der Waals surface area contributed by atoms with E-state index in [-0.39, 0.29) is 6.54 Å². The average Bonchev–Trinajstić information content (AvgIpc) is 2.36. The molecular formula is C12H12ClNO4. The van der Waals surface area contributed by atoms with E-state index < -0.39 is 18.1 Å². The van der Waals surface area contributed by atoms with Crippen molar-refractivity contribution in [3.63, 3.8) is 0 Å². The molecule has 0 saturated carbocycles. The van der Waals surface area contributed by atoms with Crippen molar-refractivity contribution in [2.24, 2.45) is 0 Å². The second-order valence-corrected chi connectivity index (χ2v) is 4.50. The van der Waals surface area contributed by atoms with Crippen molar-refractivity contribution in [3.8, 4) is 0 Å². The average molecular weight is 270 g/mol. The molecule has 1 aromatic rings. The van der Waals surface area contributed by atoms with Gasteiger partial charge in [-0.15, -0.1) is 0 Å². The van der Waals surface area contributed by atoms with Gasteiger partial charge in [0.15, 0.2) is 0 Å². The third-order valence-corrected chi connectivity index (χ3v) is 3.25. The second kappa shape index (κ2) is 4.86. The minimum atomic E-state index is -1.14. The number of halogens is 1. The molecule has 0 radical (unpaired) electrons. The normalized spacial score (nSPS) is 18.1. The molecule has 1 aliphatic rings. The number of amides is 1. The number of rotatable bonds is 1. The Morgan fingerprint density at radius 1 is 1.44 bits per heavy atom. The summed E-state index contributed by atoms with van der Waals surface area (Å²) >= 11 is 5.87. The Bertz CT molecular complexity index is 503. The maximum absolute atomic E-state index is 11.6. The van der Waals surface area contributed by atoms with Crippen molar-refractivity contribution < 1.29 is 19.4 Å². The fourth-order valence-corrected chi connectivity index (χ4v) is 2.30. The third kappa shape index (κ3) is 2.26. The summed E-state index contributed by atoms with van der Waals surface area (Å²) < 4.78 is 4.64. The number of esters is 1. The number of carbonyl (C=O) groups is 2. The highest BCUT2D eigenvalue weighted by Crippen LogP contribution is 2.26. The van der Waals surface area contributed by atoms with Gasteiger partial charge in [0.1, 0.15) is 6.04 Å². The monoisotopic (exact) mass is 269 g/mol. The maximum atomic E-state index is 11.6. The Balaban J connectivity index is 2.37. The Hall–Kier alpha value is -1.75. The molecule has 0 spiro atoms. The number of nitrogens with zero attached hydrogens (tertiary/aromatic N) is 1. The Kier molecular flexibility index (Phi) is 3.43. The fraction of sp³-hybridized carbons (Fsp3) is 0.333. The highest BCUT2D eigenvalue weighted by molar-refractivity contribution is 6.30. The van der Waals surface area contributed by atoms with Crippen LogP contribution in [-0.4, -0.2) is 35.2 Å². The molecule has 0 aliphatic carbocycles. The zero-order valence-corrected chi connectivity index (χ0v) is 10.5. The molecule has 1 aromatic carbocycles. The number of methoxy groups -OCH3 is 1. The first-order valence-electron chi connectivity index (χ1n) is 5.37. The van der Waals surface area contributed by atoms with E-state index in [9.17, 15) is 9.59 Å². The molecule has 1 N–H and O–H groups in total. The molecular weight excluding hydrogens is 258 g/mol. The van der Waals surface area contributed by atoms with Crippen molar-refractivity contribution >= 4 is 23.7 Å². The fourth-order valence-electron chi connectivity index (χ4n) is 2.10. The summed E-state index contributed by atoms with van der Waals surface area (Å²) in [5.74, 6) is -0.544. The van der Waals surface area contributed by atoms with Gasteiger partial charge in [0, 0.05) is 11.4 Å². The predicted octanol–water partition coefficient (Wildman–Crippen LogP) is 1.92. The number of ether oxygens (including phenoxy) is 1. The lowest BCUT2D eigenvalue weighted by Crippen LogP contribution is -2.48. The highest BCUT2D eigenvalue weighted by atomic mass is 35.5. The molecule has 0 fully saturated rings. The minimum absolute atomic E-state index is 0.144. The van der Waals surface area contributed by atoms with E-state index in [4.69, 9.17) is 16.7 Å². The van der Waals surface area contributed by atoms with Crippen molar-refractivity contribution in [1.82, 2.24) is 4.90 Å². The number of hydrogen-bond donors (Lipinski definition) is 1. The Labute approximate surface area is 109 Å². The summed E-state index contributed by atoms with van der Waals surface area (Å²) in [6.07, 6.45) is -0.832. The number of benzene rings is 1. The van der Waals surface area contributed by atoms with Gasteiger partial charge in [0.2, 0.25) is 0 Å². The highest BCUT2D eigenvalue weighted by Gasteiger charge is 2.35. The van der Waals surface area contributed by atoms with Crippen LogP contribution < -0.4 is 0 Å². The van der Waals surface area contributed by atoms with E-state index in [1.807, 2.05) is 6.07 Å². The van der Waals surface area contributed by atoms with Gasteiger partial charge in [0.05, 0.1) is 13.7 Å².